The number of nitrogens with zero attached hydrogens (tertiary/aromatic N) is 2. The van der Waals surface area contributed by atoms with Crippen LogP contribution in [0.15, 0.2) is 102 Å². The third kappa shape index (κ3) is 5.51. The number of anilines is 1. The molecule has 6 nitrogen and oxygen atoms in total. The molecule has 36 heavy (non-hydrogen) atoms. The third-order valence-corrected chi connectivity index (χ3v) is 6.59. The van der Waals surface area contributed by atoms with Crippen LogP contribution in [0.4, 0.5) is 5.69 Å². The van der Waals surface area contributed by atoms with Gasteiger partial charge in [-0.2, -0.15) is 0 Å². The molecule has 0 bridgehead atoms. The van der Waals surface area contributed by atoms with Crippen LogP contribution in [0, 0.1) is 0 Å². The summed E-state index contributed by atoms with van der Waals surface area (Å²) in [6.45, 7) is 2.02. The largest absolute Gasteiger partial charge is 0.464 e. The average molecular weight is 500 g/mol. The van der Waals surface area contributed by atoms with Gasteiger partial charge in [0.25, 0.3) is 5.91 Å². The molecule has 0 aliphatic carbocycles. The summed E-state index contributed by atoms with van der Waals surface area (Å²) in [7, 11) is 0. The predicted molar refractivity (Wildman–Crippen MR) is 141 cm³/mol. The Morgan fingerprint density at radius 1 is 0.917 bits per heavy atom. The van der Waals surface area contributed by atoms with Crippen molar-refractivity contribution in [2.75, 3.05) is 25.0 Å². The standard InChI is InChI=1S/C29H26ClN3O3/c30-24-11-13-25(14-12-24)31-28(34)26-20-33(16-15-32(26)19-21-6-2-1-3-7-21)29(35)23-9-4-8-22(18-23)27-10-5-17-36-27/h1-14,17-18,26H,15-16,19-20H2,(H,31,34). The maximum absolute atomic E-state index is 13.5. The van der Waals surface area contributed by atoms with Crippen LogP contribution >= 0.6 is 11.6 Å². The van der Waals surface area contributed by atoms with Gasteiger partial charge in [-0.1, -0.05) is 54.1 Å². The smallest absolute Gasteiger partial charge is 0.253 e. The van der Waals surface area contributed by atoms with E-state index >= 15 is 0 Å². The van der Waals surface area contributed by atoms with Crippen LogP contribution in [0.1, 0.15) is 15.9 Å². The van der Waals surface area contributed by atoms with Gasteiger partial charge in [0.2, 0.25) is 5.91 Å². The van der Waals surface area contributed by atoms with Gasteiger partial charge in [-0.15, -0.1) is 0 Å². The van der Waals surface area contributed by atoms with Gasteiger partial charge in [-0.05, 0) is 54.1 Å². The lowest BCUT2D eigenvalue weighted by atomic mass is 10.0. The number of furan rings is 1. The highest BCUT2D eigenvalue weighted by Gasteiger charge is 2.34. The van der Waals surface area contributed by atoms with Crippen LogP contribution in [0.3, 0.4) is 0 Å². The van der Waals surface area contributed by atoms with Crippen LogP contribution in [-0.4, -0.2) is 47.3 Å². The summed E-state index contributed by atoms with van der Waals surface area (Å²) in [6, 6.07) is 27.6. The zero-order valence-corrected chi connectivity index (χ0v) is 20.4. The number of carbonyl (C=O) groups is 2. The van der Waals surface area contributed by atoms with Crippen LogP contribution in [0.2, 0.25) is 5.02 Å². The van der Waals surface area contributed by atoms with Crippen molar-refractivity contribution in [2.24, 2.45) is 0 Å². The monoisotopic (exact) mass is 499 g/mol. The molecular formula is C29H26ClN3O3. The normalized spacial score (nSPS) is 16.0. The van der Waals surface area contributed by atoms with Gasteiger partial charge in [0.05, 0.1) is 6.26 Å². The highest BCUT2D eigenvalue weighted by molar-refractivity contribution is 6.30. The Kier molecular flexibility index (Phi) is 7.16. The minimum atomic E-state index is -0.508. The fourth-order valence-electron chi connectivity index (χ4n) is 4.45. The van der Waals surface area contributed by atoms with Crippen molar-refractivity contribution in [3.63, 3.8) is 0 Å². The molecule has 1 atom stereocenters. The number of amides is 2. The van der Waals surface area contributed by atoms with E-state index < -0.39 is 6.04 Å². The van der Waals surface area contributed by atoms with E-state index in [9.17, 15) is 9.59 Å². The second kappa shape index (κ2) is 10.8. The van der Waals surface area contributed by atoms with Crippen molar-refractivity contribution in [1.29, 1.82) is 0 Å². The first-order valence-corrected chi connectivity index (χ1v) is 12.2. The minimum absolute atomic E-state index is 0.105. The first kappa shape index (κ1) is 23.9. The lowest BCUT2D eigenvalue weighted by Gasteiger charge is -2.40. The van der Waals surface area contributed by atoms with E-state index in [0.717, 1.165) is 11.1 Å². The summed E-state index contributed by atoms with van der Waals surface area (Å²) in [4.78, 5) is 30.8. The number of halogens is 1. The van der Waals surface area contributed by atoms with E-state index in [1.54, 1.807) is 41.5 Å². The zero-order chi connectivity index (χ0) is 24.9. The Morgan fingerprint density at radius 2 is 1.72 bits per heavy atom. The lowest BCUT2D eigenvalue weighted by Crippen LogP contribution is -2.58. The van der Waals surface area contributed by atoms with Crippen molar-refractivity contribution in [3.05, 3.63) is 113 Å². The maximum atomic E-state index is 13.5. The van der Waals surface area contributed by atoms with Crippen LogP contribution in [-0.2, 0) is 11.3 Å². The molecule has 0 radical (unpaired) electrons. The fourth-order valence-corrected chi connectivity index (χ4v) is 4.58. The van der Waals surface area contributed by atoms with Gasteiger partial charge < -0.3 is 14.6 Å². The summed E-state index contributed by atoms with van der Waals surface area (Å²) >= 11 is 6.00. The Hall–Kier alpha value is -3.87. The third-order valence-electron chi connectivity index (χ3n) is 6.34. The van der Waals surface area contributed by atoms with Crippen molar-refractivity contribution >= 4 is 29.1 Å². The number of rotatable bonds is 6. The first-order valence-electron chi connectivity index (χ1n) is 11.8. The maximum Gasteiger partial charge on any atom is 0.253 e. The lowest BCUT2D eigenvalue weighted by molar-refractivity contribution is -0.123. The summed E-state index contributed by atoms with van der Waals surface area (Å²) < 4.78 is 5.49. The van der Waals surface area contributed by atoms with E-state index in [-0.39, 0.29) is 18.4 Å². The number of nitrogens with one attached hydrogen (secondary N) is 1. The molecule has 1 fully saturated rings. The quantitative estimate of drug-likeness (QED) is 0.377. The molecular weight excluding hydrogens is 474 g/mol. The summed E-state index contributed by atoms with van der Waals surface area (Å²) in [6.07, 6.45) is 1.61. The molecule has 7 heteroatoms. The highest BCUT2D eigenvalue weighted by Crippen LogP contribution is 2.23. The number of carbonyl (C=O) groups excluding carboxylic acids is 2. The van der Waals surface area contributed by atoms with Gasteiger partial charge in [-0.3, -0.25) is 14.5 Å². The van der Waals surface area contributed by atoms with E-state index in [4.69, 9.17) is 16.0 Å². The molecule has 5 rings (SSSR count). The van der Waals surface area contributed by atoms with Gasteiger partial charge in [0, 0.05) is 48.0 Å². The SMILES string of the molecule is O=C(Nc1ccc(Cl)cc1)C1CN(C(=O)c2cccc(-c3ccco3)c2)CCN1Cc1ccccc1. The van der Waals surface area contributed by atoms with Crippen LogP contribution < -0.4 is 5.32 Å². The summed E-state index contributed by atoms with van der Waals surface area (Å²) in [5, 5.41) is 3.59. The minimum Gasteiger partial charge on any atom is -0.464 e. The number of piperazine rings is 1. The number of hydrogen-bond donors (Lipinski definition) is 1. The van der Waals surface area contributed by atoms with E-state index in [0.29, 0.717) is 41.7 Å². The second-order valence-electron chi connectivity index (χ2n) is 8.78. The van der Waals surface area contributed by atoms with Gasteiger partial charge in [0.1, 0.15) is 11.8 Å². The summed E-state index contributed by atoms with van der Waals surface area (Å²) in [5.74, 6) is 0.444. The molecule has 4 aromatic rings. The van der Waals surface area contributed by atoms with Gasteiger partial charge >= 0.3 is 0 Å². The van der Waals surface area contributed by atoms with Crippen molar-refractivity contribution in [3.8, 4) is 11.3 Å². The second-order valence-corrected chi connectivity index (χ2v) is 9.21. The molecule has 2 heterocycles. The molecule has 1 aliphatic rings. The molecule has 1 aromatic heterocycles. The number of benzene rings is 3. The molecule has 0 saturated carbocycles. The Balaban J connectivity index is 1.36. The molecule has 1 aliphatic heterocycles. The van der Waals surface area contributed by atoms with Crippen molar-refractivity contribution in [2.45, 2.75) is 12.6 Å². The molecule has 0 spiro atoms. The van der Waals surface area contributed by atoms with Crippen LogP contribution in [0.5, 0.6) is 0 Å². The van der Waals surface area contributed by atoms with E-state index in [1.807, 2.05) is 60.7 Å². The van der Waals surface area contributed by atoms with E-state index in [2.05, 4.69) is 10.2 Å². The van der Waals surface area contributed by atoms with Crippen LogP contribution in [0.25, 0.3) is 11.3 Å². The van der Waals surface area contributed by atoms with Crippen molar-refractivity contribution < 1.29 is 14.0 Å². The van der Waals surface area contributed by atoms with Gasteiger partial charge in [0.15, 0.2) is 0 Å². The van der Waals surface area contributed by atoms with Crippen molar-refractivity contribution in [1.82, 2.24) is 9.80 Å². The molecule has 1 unspecified atom stereocenters. The predicted octanol–water partition coefficient (Wildman–Crippen LogP) is 5.57. The summed E-state index contributed by atoms with van der Waals surface area (Å²) in [5.41, 5.74) is 3.19. The number of hydrogen-bond acceptors (Lipinski definition) is 4. The van der Waals surface area contributed by atoms with E-state index in [1.165, 1.54) is 0 Å². The fraction of sp³-hybridized carbons (Fsp3) is 0.172. The zero-order valence-electron chi connectivity index (χ0n) is 19.6. The average Bonchev–Trinajstić information content (AvgIpc) is 3.46. The Labute approximate surface area is 215 Å². The molecule has 2 amide bonds. The molecule has 182 valence electrons. The topological polar surface area (TPSA) is 65.8 Å². The highest BCUT2D eigenvalue weighted by atomic mass is 35.5. The first-order chi connectivity index (χ1) is 17.6. The Bertz CT molecular complexity index is 1320. The van der Waals surface area contributed by atoms with Gasteiger partial charge in [-0.25, -0.2) is 0 Å². The Morgan fingerprint density at radius 3 is 2.47 bits per heavy atom. The molecule has 3 aromatic carbocycles. The molecule has 1 N–H and O–H groups in total. The molecule has 1 saturated heterocycles.